The fourth-order valence-corrected chi connectivity index (χ4v) is 5.35. The molecule has 0 unspecified atom stereocenters. The molecule has 2 aromatic carbocycles. The number of ether oxygens (including phenoxy) is 1. The predicted molar refractivity (Wildman–Crippen MR) is 160 cm³/mol. The van der Waals surface area contributed by atoms with Gasteiger partial charge in [-0.05, 0) is 80.1 Å². The smallest absolute Gasteiger partial charge is 0.337 e. The van der Waals surface area contributed by atoms with Crippen molar-refractivity contribution >= 4 is 68.3 Å². The number of hydrogen-bond donors (Lipinski definition) is 2. The second-order valence-electron chi connectivity index (χ2n) is 9.01. The first-order valence-electron chi connectivity index (χ1n) is 12.4. The zero-order valence-corrected chi connectivity index (χ0v) is 23.5. The van der Waals surface area contributed by atoms with Crippen molar-refractivity contribution in [3.8, 4) is 0 Å². The maximum Gasteiger partial charge on any atom is 0.337 e. The summed E-state index contributed by atoms with van der Waals surface area (Å²) in [5, 5.41) is 7.85. The number of rotatable bonds is 4. The number of nitrogens with zero attached hydrogens (tertiary/aromatic N) is 6. The Balaban J connectivity index is 1.34. The van der Waals surface area contributed by atoms with Crippen LogP contribution in [-0.2, 0) is 4.74 Å². The summed E-state index contributed by atoms with van der Waals surface area (Å²) in [5.74, 6) is 1.65. The highest BCUT2D eigenvalue weighted by atomic mass is 32.1. The minimum Gasteiger partial charge on any atom is -0.465 e. The summed E-state index contributed by atoms with van der Waals surface area (Å²) in [6, 6.07) is 17.1. The van der Waals surface area contributed by atoms with Crippen LogP contribution in [0.4, 0.5) is 17.5 Å². The second kappa shape index (κ2) is 11.7. The Morgan fingerprint density at radius 2 is 1.69 bits per heavy atom. The Morgan fingerprint density at radius 3 is 2.38 bits per heavy atom. The number of piperazine rings is 1. The molecule has 0 amide bonds. The van der Waals surface area contributed by atoms with E-state index in [1.165, 1.54) is 28.7 Å². The minimum absolute atomic E-state index is 0.264. The zero-order valence-electron chi connectivity index (χ0n) is 21.8. The number of benzene rings is 2. The summed E-state index contributed by atoms with van der Waals surface area (Å²) in [5.41, 5.74) is 2.88. The molecule has 10 nitrogen and oxygen atoms in total. The lowest BCUT2D eigenvalue weighted by Crippen LogP contribution is -2.51. The third-order valence-corrected chi connectivity index (χ3v) is 7.22. The van der Waals surface area contributed by atoms with Crippen LogP contribution in [0, 0.1) is 13.8 Å². The largest absolute Gasteiger partial charge is 0.465 e. The molecular weight excluding hydrogens is 532 g/mol. The van der Waals surface area contributed by atoms with Crippen LogP contribution < -0.4 is 15.5 Å². The van der Waals surface area contributed by atoms with Gasteiger partial charge in [0.15, 0.2) is 0 Å². The number of thiocarbonyl (C=S) groups is 1. The van der Waals surface area contributed by atoms with Gasteiger partial charge in [0, 0.05) is 48.6 Å². The molecule has 1 aliphatic rings. The van der Waals surface area contributed by atoms with Crippen molar-refractivity contribution in [3.05, 3.63) is 71.5 Å². The summed E-state index contributed by atoms with van der Waals surface area (Å²) in [4.78, 5) is 29.9. The van der Waals surface area contributed by atoms with Crippen molar-refractivity contribution in [1.29, 1.82) is 0 Å². The van der Waals surface area contributed by atoms with Gasteiger partial charge in [0.25, 0.3) is 0 Å². The number of fused-ring (bicyclic) bond motifs is 1. The van der Waals surface area contributed by atoms with Crippen LogP contribution >= 0.6 is 23.8 Å². The lowest BCUT2D eigenvalue weighted by atomic mass is 10.2. The lowest BCUT2D eigenvalue weighted by Gasteiger charge is -2.36. The van der Waals surface area contributed by atoms with Gasteiger partial charge in [-0.3, -0.25) is 5.32 Å². The van der Waals surface area contributed by atoms with E-state index in [1.807, 2.05) is 32.0 Å². The molecule has 12 heteroatoms. The molecule has 5 rings (SSSR count). The van der Waals surface area contributed by atoms with Crippen LogP contribution in [0.15, 0.2) is 59.6 Å². The van der Waals surface area contributed by atoms with Crippen LogP contribution in [0.5, 0.6) is 0 Å². The number of hydrogen-bond acceptors (Lipinski definition) is 8. The third kappa shape index (κ3) is 6.29. The van der Waals surface area contributed by atoms with E-state index >= 15 is 0 Å². The van der Waals surface area contributed by atoms with Crippen molar-refractivity contribution in [2.75, 3.05) is 48.8 Å². The highest BCUT2D eigenvalue weighted by molar-refractivity contribution is 7.80. The van der Waals surface area contributed by atoms with Crippen molar-refractivity contribution in [2.24, 2.45) is 4.99 Å². The van der Waals surface area contributed by atoms with E-state index < -0.39 is 5.97 Å². The van der Waals surface area contributed by atoms with Gasteiger partial charge < -0.3 is 19.9 Å². The van der Waals surface area contributed by atoms with Gasteiger partial charge in [-0.25, -0.2) is 14.8 Å². The van der Waals surface area contributed by atoms with Gasteiger partial charge in [-0.15, -0.1) is 0 Å². The number of nitrogens with one attached hydrogen (secondary N) is 2. The quantitative estimate of drug-likeness (QED) is 0.161. The Kier molecular flexibility index (Phi) is 7.94. The van der Waals surface area contributed by atoms with Gasteiger partial charge in [0.2, 0.25) is 17.0 Å². The highest BCUT2D eigenvalue weighted by Gasteiger charge is 2.24. The number of aryl methyl sites for hydroxylation is 2. The SMILES string of the molecule is COC(=O)c1ccc(NC(=S)/N=C(/Nc2nc(C)cc(C)n2)N2CCN(c3nsc4ccccc34)CC2)cc1. The second-order valence-corrected chi connectivity index (χ2v) is 10.2. The summed E-state index contributed by atoms with van der Waals surface area (Å²) in [7, 11) is 1.35. The summed E-state index contributed by atoms with van der Waals surface area (Å²) in [6.07, 6.45) is 0. The maximum absolute atomic E-state index is 11.7. The topological polar surface area (TPSA) is 108 Å². The molecule has 0 radical (unpaired) electrons. The zero-order chi connectivity index (χ0) is 27.4. The Labute approximate surface area is 235 Å². The van der Waals surface area contributed by atoms with Crippen LogP contribution in [-0.4, -0.2) is 69.6 Å². The van der Waals surface area contributed by atoms with Gasteiger partial charge in [0.1, 0.15) is 5.82 Å². The number of aromatic nitrogens is 3. The van der Waals surface area contributed by atoms with Crippen molar-refractivity contribution < 1.29 is 9.53 Å². The molecule has 0 spiro atoms. The number of carbonyl (C=O) groups excluding carboxylic acids is 1. The molecule has 0 atom stereocenters. The molecule has 0 aliphatic carbocycles. The summed E-state index contributed by atoms with van der Waals surface area (Å²) >= 11 is 7.10. The van der Waals surface area contributed by atoms with Gasteiger partial charge in [0.05, 0.1) is 17.4 Å². The Bertz CT molecular complexity index is 1510. The summed E-state index contributed by atoms with van der Waals surface area (Å²) in [6.45, 7) is 6.82. The molecule has 1 saturated heterocycles. The summed E-state index contributed by atoms with van der Waals surface area (Å²) < 4.78 is 10.7. The molecule has 200 valence electrons. The number of esters is 1. The molecule has 1 fully saturated rings. The molecule has 0 bridgehead atoms. The average molecular weight is 561 g/mol. The van der Waals surface area contributed by atoms with Crippen LogP contribution in [0.3, 0.4) is 0 Å². The van der Waals surface area contributed by atoms with Crippen molar-refractivity contribution in [1.82, 2.24) is 19.2 Å². The number of aliphatic imine (C=N–C) groups is 1. The van der Waals surface area contributed by atoms with E-state index in [0.29, 0.717) is 36.2 Å². The van der Waals surface area contributed by atoms with Crippen molar-refractivity contribution in [3.63, 3.8) is 0 Å². The number of anilines is 3. The maximum atomic E-state index is 11.7. The molecule has 1 aliphatic heterocycles. The number of guanidine groups is 1. The lowest BCUT2D eigenvalue weighted by molar-refractivity contribution is 0.0601. The van der Waals surface area contributed by atoms with E-state index in [9.17, 15) is 4.79 Å². The third-order valence-electron chi connectivity index (χ3n) is 6.21. The number of carbonyl (C=O) groups is 1. The van der Waals surface area contributed by atoms with E-state index in [0.717, 1.165) is 30.3 Å². The van der Waals surface area contributed by atoms with E-state index in [1.54, 1.807) is 24.3 Å². The monoisotopic (exact) mass is 560 g/mol. The molecular formula is C27H28N8O2S2. The fourth-order valence-electron chi connectivity index (χ4n) is 4.35. The van der Waals surface area contributed by atoms with Gasteiger partial charge >= 0.3 is 5.97 Å². The molecule has 2 aromatic heterocycles. The van der Waals surface area contributed by atoms with Crippen LogP contribution in [0.2, 0.25) is 0 Å². The van der Waals surface area contributed by atoms with Crippen LogP contribution in [0.25, 0.3) is 10.1 Å². The first kappa shape index (κ1) is 26.4. The van der Waals surface area contributed by atoms with Crippen molar-refractivity contribution in [2.45, 2.75) is 13.8 Å². The predicted octanol–water partition coefficient (Wildman–Crippen LogP) is 4.48. The van der Waals surface area contributed by atoms with Gasteiger partial charge in [-0.2, -0.15) is 9.37 Å². The van der Waals surface area contributed by atoms with E-state index in [-0.39, 0.29) is 5.11 Å². The Hall–Kier alpha value is -4.16. The van der Waals surface area contributed by atoms with E-state index in [2.05, 4.69) is 42.5 Å². The van der Waals surface area contributed by atoms with Gasteiger partial charge in [-0.1, -0.05) is 12.1 Å². The average Bonchev–Trinajstić information content (AvgIpc) is 3.36. The molecule has 39 heavy (non-hydrogen) atoms. The normalized spacial score (nSPS) is 13.9. The molecule has 0 saturated carbocycles. The Morgan fingerprint density at radius 1 is 1.00 bits per heavy atom. The van der Waals surface area contributed by atoms with E-state index in [4.69, 9.17) is 26.3 Å². The number of methoxy groups -OCH3 is 1. The fraction of sp³-hybridized carbons (Fsp3) is 0.259. The first-order valence-corrected chi connectivity index (χ1v) is 13.6. The minimum atomic E-state index is -0.396. The highest BCUT2D eigenvalue weighted by Crippen LogP contribution is 2.30. The molecule has 3 heterocycles. The molecule has 2 N–H and O–H groups in total. The standard InChI is InChI=1S/C27H28N8O2S2/c1-17-16-18(2)29-25(28-17)31-26(32-27(38)30-20-10-8-19(9-11-20)24(36)37-3)35-14-12-34(13-15-35)23-21-6-4-5-7-22(21)39-33-23/h4-11,16H,12-15H2,1-3H3,(H2,28,29,30,31,32,38). The first-order chi connectivity index (χ1) is 18.9. The van der Waals surface area contributed by atoms with Crippen LogP contribution in [0.1, 0.15) is 21.7 Å². The molecule has 4 aromatic rings.